The van der Waals surface area contributed by atoms with E-state index >= 15 is 0 Å². The zero-order chi connectivity index (χ0) is 22.8. The number of benzene rings is 2. The summed E-state index contributed by atoms with van der Waals surface area (Å²) in [4.78, 5) is 30.8. The highest BCUT2D eigenvalue weighted by Crippen LogP contribution is 2.25. The third-order valence-corrected chi connectivity index (χ3v) is 5.26. The van der Waals surface area contributed by atoms with Crippen molar-refractivity contribution >= 4 is 23.1 Å². The van der Waals surface area contributed by atoms with Crippen LogP contribution >= 0.6 is 0 Å². The van der Waals surface area contributed by atoms with E-state index in [1.54, 1.807) is 54.2 Å². The number of carbonyl (C=O) groups excluding carboxylic acids is 1. The lowest BCUT2D eigenvalue weighted by Gasteiger charge is -2.20. The number of hydrogen-bond acceptors (Lipinski definition) is 5. The van der Waals surface area contributed by atoms with Crippen molar-refractivity contribution in [1.82, 2.24) is 14.6 Å². The summed E-state index contributed by atoms with van der Waals surface area (Å²) in [6, 6.07) is 17.9. The molecular formula is C24H23N5O3. The predicted octanol–water partition coefficient (Wildman–Crippen LogP) is 3.32. The van der Waals surface area contributed by atoms with Gasteiger partial charge in [-0.05, 0) is 42.3 Å². The Labute approximate surface area is 184 Å². The fourth-order valence-corrected chi connectivity index (χ4v) is 3.59. The zero-order valence-electron chi connectivity index (χ0n) is 17.8. The maximum atomic E-state index is 13.5. The number of nitrogens with zero attached hydrogens (tertiary/aromatic N) is 4. The molecule has 0 unspecified atom stereocenters. The fraction of sp³-hybridized carbons (Fsp3) is 0.167. The number of carbonyl (C=O) groups is 2. The molecule has 2 aromatic heterocycles. The number of amides is 1. The lowest BCUT2D eigenvalue weighted by molar-refractivity contribution is -0.136. The van der Waals surface area contributed by atoms with Crippen molar-refractivity contribution in [2.75, 3.05) is 11.9 Å². The molecule has 0 radical (unpaired) electrons. The highest BCUT2D eigenvalue weighted by molar-refractivity contribution is 6.09. The maximum absolute atomic E-state index is 13.5. The molecule has 0 spiro atoms. The number of aromatic nitrogens is 3. The molecule has 0 saturated heterocycles. The lowest BCUT2D eigenvalue weighted by Crippen LogP contribution is -2.29. The molecule has 4 rings (SSSR count). The molecule has 8 nitrogen and oxygen atoms in total. The highest BCUT2D eigenvalue weighted by atomic mass is 16.4. The summed E-state index contributed by atoms with van der Waals surface area (Å²) >= 11 is 0. The first kappa shape index (κ1) is 21.2. The van der Waals surface area contributed by atoms with Crippen LogP contribution in [0.2, 0.25) is 0 Å². The molecule has 8 heteroatoms. The molecule has 162 valence electrons. The molecule has 0 aliphatic heterocycles. The van der Waals surface area contributed by atoms with Gasteiger partial charge < -0.3 is 15.7 Å². The maximum Gasteiger partial charge on any atom is 0.307 e. The van der Waals surface area contributed by atoms with E-state index in [-0.39, 0.29) is 24.1 Å². The van der Waals surface area contributed by atoms with Crippen LogP contribution in [0.5, 0.6) is 0 Å². The largest absolute Gasteiger partial charge is 0.481 e. The third-order valence-electron chi connectivity index (χ3n) is 5.26. The van der Waals surface area contributed by atoms with Gasteiger partial charge in [-0.2, -0.15) is 0 Å². The van der Waals surface area contributed by atoms with E-state index in [1.807, 2.05) is 31.2 Å². The van der Waals surface area contributed by atoms with Crippen LogP contribution in [0.1, 0.15) is 34.6 Å². The van der Waals surface area contributed by atoms with Gasteiger partial charge in [0.2, 0.25) is 0 Å². The Morgan fingerprint density at radius 1 is 1.12 bits per heavy atom. The topological polar surface area (TPSA) is 114 Å². The fourth-order valence-electron chi connectivity index (χ4n) is 3.59. The van der Waals surface area contributed by atoms with Crippen molar-refractivity contribution in [3.8, 4) is 11.4 Å². The molecule has 0 aliphatic carbocycles. The molecular weight excluding hydrogens is 406 g/mol. The normalized spacial score (nSPS) is 12.0. The number of hydrogen-bond donors (Lipinski definition) is 2. The first-order valence-corrected chi connectivity index (χ1v) is 10.1. The Kier molecular flexibility index (Phi) is 5.70. The lowest BCUT2D eigenvalue weighted by atomic mass is 10.1. The minimum Gasteiger partial charge on any atom is -0.481 e. The minimum atomic E-state index is -0.967. The summed E-state index contributed by atoms with van der Waals surface area (Å²) in [5, 5.41) is 13.8. The van der Waals surface area contributed by atoms with Gasteiger partial charge in [0.05, 0.1) is 11.9 Å². The summed E-state index contributed by atoms with van der Waals surface area (Å²) in [5.74, 6) is -0.934. The van der Waals surface area contributed by atoms with Crippen LogP contribution in [0.25, 0.3) is 16.9 Å². The van der Waals surface area contributed by atoms with E-state index < -0.39 is 5.97 Å². The molecule has 0 saturated carbocycles. The van der Waals surface area contributed by atoms with E-state index in [1.165, 1.54) is 4.90 Å². The Bertz CT molecular complexity index is 1310. The Balaban J connectivity index is 1.80. The summed E-state index contributed by atoms with van der Waals surface area (Å²) in [6.07, 6.45) is 1.57. The number of anilines is 1. The molecule has 2 aromatic carbocycles. The number of carboxylic acid groups (broad SMARTS) is 1. The quantitative estimate of drug-likeness (QED) is 0.486. The average molecular weight is 429 g/mol. The second-order valence-electron chi connectivity index (χ2n) is 7.60. The van der Waals surface area contributed by atoms with Crippen molar-refractivity contribution in [1.29, 1.82) is 0 Å². The van der Waals surface area contributed by atoms with E-state index in [0.717, 1.165) is 11.1 Å². The van der Waals surface area contributed by atoms with E-state index in [4.69, 9.17) is 5.73 Å². The molecule has 4 aromatic rings. The number of nitrogens with two attached hydrogens (primary N) is 1. The SMILES string of the molecule is C[C@H](N)c1cccc(-c2nc(C(=O)N(C)c3ccccc3CC(=O)O)c3cccn3n2)c1. The highest BCUT2D eigenvalue weighted by Gasteiger charge is 2.23. The molecule has 0 fully saturated rings. The molecule has 1 amide bonds. The van der Waals surface area contributed by atoms with Crippen LogP contribution in [0.3, 0.4) is 0 Å². The van der Waals surface area contributed by atoms with Crippen molar-refractivity contribution in [2.45, 2.75) is 19.4 Å². The van der Waals surface area contributed by atoms with Gasteiger partial charge in [-0.15, -0.1) is 5.10 Å². The second kappa shape index (κ2) is 8.60. The van der Waals surface area contributed by atoms with Gasteiger partial charge in [-0.3, -0.25) is 9.59 Å². The standard InChI is InChI=1S/C24H23N5O3/c1-15(25)16-8-5-9-18(13-16)23-26-22(20-11-6-12-29(20)27-23)24(32)28(2)19-10-4-3-7-17(19)14-21(30)31/h3-13,15H,14,25H2,1-2H3,(H,30,31)/t15-/m0/s1. The number of fused-ring (bicyclic) bond motifs is 1. The summed E-state index contributed by atoms with van der Waals surface area (Å²) in [5.41, 5.74) is 9.54. The van der Waals surface area contributed by atoms with Crippen LogP contribution in [0.15, 0.2) is 66.9 Å². The Morgan fingerprint density at radius 2 is 1.91 bits per heavy atom. The number of aliphatic carboxylic acids is 1. The Hall–Kier alpha value is -4.04. The van der Waals surface area contributed by atoms with Gasteiger partial charge in [0.25, 0.3) is 5.91 Å². The molecule has 0 bridgehead atoms. The monoisotopic (exact) mass is 429 g/mol. The molecule has 0 aliphatic rings. The van der Waals surface area contributed by atoms with Crippen LogP contribution in [-0.2, 0) is 11.2 Å². The summed E-state index contributed by atoms with van der Waals surface area (Å²) in [6.45, 7) is 1.90. The van der Waals surface area contributed by atoms with Crippen molar-refractivity contribution in [3.63, 3.8) is 0 Å². The van der Waals surface area contributed by atoms with E-state index in [9.17, 15) is 14.7 Å². The summed E-state index contributed by atoms with van der Waals surface area (Å²) < 4.78 is 1.62. The third kappa shape index (κ3) is 4.08. The van der Waals surface area contributed by atoms with Gasteiger partial charge in [-0.25, -0.2) is 9.50 Å². The van der Waals surface area contributed by atoms with Gasteiger partial charge in [0, 0.05) is 30.5 Å². The van der Waals surface area contributed by atoms with Crippen LogP contribution in [0, 0.1) is 0 Å². The average Bonchev–Trinajstić information content (AvgIpc) is 3.26. The number of rotatable bonds is 6. The van der Waals surface area contributed by atoms with Gasteiger partial charge in [-0.1, -0.05) is 36.4 Å². The van der Waals surface area contributed by atoms with Gasteiger partial charge >= 0.3 is 5.97 Å². The van der Waals surface area contributed by atoms with Crippen molar-refractivity contribution in [2.24, 2.45) is 5.73 Å². The number of carboxylic acids is 1. The van der Waals surface area contributed by atoms with Gasteiger partial charge in [0.1, 0.15) is 0 Å². The Morgan fingerprint density at radius 3 is 2.66 bits per heavy atom. The van der Waals surface area contributed by atoms with Crippen LogP contribution < -0.4 is 10.6 Å². The second-order valence-corrected chi connectivity index (χ2v) is 7.60. The first-order valence-electron chi connectivity index (χ1n) is 10.1. The van der Waals surface area contributed by atoms with Crippen LogP contribution in [0.4, 0.5) is 5.69 Å². The smallest absolute Gasteiger partial charge is 0.307 e. The molecule has 1 atom stereocenters. The predicted molar refractivity (Wildman–Crippen MR) is 122 cm³/mol. The van der Waals surface area contributed by atoms with Crippen LogP contribution in [-0.4, -0.2) is 38.6 Å². The molecule has 3 N–H and O–H groups in total. The van der Waals surface area contributed by atoms with E-state index in [2.05, 4.69) is 10.1 Å². The molecule has 2 heterocycles. The summed E-state index contributed by atoms with van der Waals surface area (Å²) in [7, 11) is 1.61. The molecule has 32 heavy (non-hydrogen) atoms. The number of para-hydroxylation sites is 1. The van der Waals surface area contributed by atoms with Gasteiger partial charge in [0.15, 0.2) is 11.5 Å². The zero-order valence-corrected chi connectivity index (χ0v) is 17.8. The van der Waals surface area contributed by atoms with Crippen molar-refractivity contribution < 1.29 is 14.7 Å². The first-order chi connectivity index (χ1) is 15.3. The van der Waals surface area contributed by atoms with E-state index in [0.29, 0.717) is 22.6 Å². The minimum absolute atomic E-state index is 0.150. The van der Waals surface area contributed by atoms with Crippen molar-refractivity contribution in [3.05, 3.63) is 83.7 Å².